The summed E-state index contributed by atoms with van der Waals surface area (Å²) < 4.78 is 0. The standard InChI is InChI=1S/C14H18ClN3/c15-13-5-6-16-14-12(13)9-11(17-14)10-18-7-3-1-2-4-8-18/h5-6,9H,1-4,7-8,10H2,(H,16,17). The van der Waals surface area contributed by atoms with Crippen LogP contribution in [0.25, 0.3) is 11.0 Å². The number of fused-ring (bicyclic) bond motifs is 1. The van der Waals surface area contributed by atoms with Crippen LogP contribution in [0, 0.1) is 0 Å². The summed E-state index contributed by atoms with van der Waals surface area (Å²) >= 11 is 6.17. The van der Waals surface area contributed by atoms with E-state index in [2.05, 4.69) is 20.9 Å². The van der Waals surface area contributed by atoms with Crippen LogP contribution in [0.15, 0.2) is 18.3 Å². The van der Waals surface area contributed by atoms with Gasteiger partial charge in [0, 0.05) is 23.8 Å². The molecule has 1 aliphatic heterocycles. The molecule has 3 heterocycles. The van der Waals surface area contributed by atoms with E-state index < -0.39 is 0 Å². The molecule has 1 aliphatic rings. The number of hydrogen-bond acceptors (Lipinski definition) is 2. The highest BCUT2D eigenvalue weighted by Crippen LogP contribution is 2.23. The topological polar surface area (TPSA) is 31.9 Å². The number of nitrogens with one attached hydrogen (secondary N) is 1. The lowest BCUT2D eigenvalue weighted by Gasteiger charge is -2.18. The number of H-pyrrole nitrogens is 1. The van der Waals surface area contributed by atoms with Gasteiger partial charge in [-0.1, -0.05) is 24.4 Å². The van der Waals surface area contributed by atoms with Crippen molar-refractivity contribution >= 4 is 22.6 Å². The molecule has 0 aromatic carbocycles. The fraction of sp³-hybridized carbons (Fsp3) is 0.500. The highest BCUT2D eigenvalue weighted by Gasteiger charge is 2.11. The zero-order valence-corrected chi connectivity index (χ0v) is 11.2. The number of aromatic nitrogens is 2. The quantitative estimate of drug-likeness (QED) is 0.898. The van der Waals surface area contributed by atoms with Gasteiger partial charge in [0.2, 0.25) is 0 Å². The van der Waals surface area contributed by atoms with Crippen LogP contribution in [-0.4, -0.2) is 28.0 Å². The van der Waals surface area contributed by atoms with Crippen molar-refractivity contribution < 1.29 is 0 Å². The summed E-state index contributed by atoms with van der Waals surface area (Å²) in [5, 5.41) is 1.81. The van der Waals surface area contributed by atoms with Gasteiger partial charge in [0.15, 0.2) is 0 Å². The van der Waals surface area contributed by atoms with Crippen molar-refractivity contribution in [2.75, 3.05) is 13.1 Å². The lowest BCUT2D eigenvalue weighted by Crippen LogP contribution is -2.24. The van der Waals surface area contributed by atoms with Crippen LogP contribution in [0.4, 0.5) is 0 Å². The highest BCUT2D eigenvalue weighted by atomic mass is 35.5. The number of nitrogens with zero attached hydrogens (tertiary/aromatic N) is 2. The molecule has 0 amide bonds. The van der Waals surface area contributed by atoms with Crippen molar-refractivity contribution in [1.82, 2.24) is 14.9 Å². The van der Waals surface area contributed by atoms with Gasteiger partial charge in [-0.2, -0.15) is 0 Å². The molecule has 0 spiro atoms. The maximum Gasteiger partial charge on any atom is 0.138 e. The fourth-order valence-corrected chi connectivity index (χ4v) is 2.87. The Kier molecular flexibility index (Phi) is 3.52. The summed E-state index contributed by atoms with van der Waals surface area (Å²) in [7, 11) is 0. The van der Waals surface area contributed by atoms with Crippen LogP contribution in [0.3, 0.4) is 0 Å². The van der Waals surface area contributed by atoms with Gasteiger partial charge in [0.05, 0.1) is 5.02 Å². The Morgan fingerprint density at radius 2 is 2.00 bits per heavy atom. The molecule has 0 aliphatic carbocycles. The van der Waals surface area contributed by atoms with Gasteiger partial charge >= 0.3 is 0 Å². The van der Waals surface area contributed by atoms with E-state index in [1.165, 1.54) is 44.5 Å². The zero-order valence-electron chi connectivity index (χ0n) is 10.5. The van der Waals surface area contributed by atoms with E-state index in [4.69, 9.17) is 11.6 Å². The van der Waals surface area contributed by atoms with E-state index in [0.717, 1.165) is 22.6 Å². The molecule has 18 heavy (non-hydrogen) atoms. The third-order valence-electron chi connectivity index (χ3n) is 3.63. The van der Waals surface area contributed by atoms with E-state index in [9.17, 15) is 0 Å². The van der Waals surface area contributed by atoms with Crippen LogP contribution in [0.1, 0.15) is 31.4 Å². The summed E-state index contributed by atoms with van der Waals surface area (Å²) in [6.45, 7) is 3.39. The monoisotopic (exact) mass is 263 g/mol. The van der Waals surface area contributed by atoms with E-state index in [1.54, 1.807) is 6.20 Å². The lowest BCUT2D eigenvalue weighted by atomic mass is 10.2. The first-order valence-corrected chi connectivity index (χ1v) is 7.05. The second-order valence-corrected chi connectivity index (χ2v) is 5.45. The average molecular weight is 264 g/mol. The Hall–Kier alpha value is -1.06. The van der Waals surface area contributed by atoms with Gasteiger partial charge in [-0.15, -0.1) is 0 Å². The number of aromatic amines is 1. The molecule has 4 heteroatoms. The summed E-state index contributed by atoms with van der Waals surface area (Å²) in [6, 6.07) is 3.98. The van der Waals surface area contributed by atoms with Gasteiger partial charge in [-0.05, 0) is 38.1 Å². The van der Waals surface area contributed by atoms with E-state index >= 15 is 0 Å². The normalized spacial score (nSPS) is 18.1. The predicted molar refractivity (Wildman–Crippen MR) is 74.8 cm³/mol. The second kappa shape index (κ2) is 5.29. The van der Waals surface area contributed by atoms with Gasteiger partial charge in [0.1, 0.15) is 5.65 Å². The molecule has 3 nitrogen and oxygen atoms in total. The third-order valence-corrected chi connectivity index (χ3v) is 3.96. The molecule has 1 N–H and O–H groups in total. The minimum atomic E-state index is 0.776. The number of pyridine rings is 1. The van der Waals surface area contributed by atoms with E-state index in [0.29, 0.717) is 0 Å². The van der Waals surface area contributed by atoms with Crippen molar-refractivity contribution in [2.24, 2.45) is 0 Å². The van der Waals surface area contributed by atoms with Crippen molar-refractivity contribution in [3.05, 3.63) is 29.0 Å². The lowest BCUT2D eigenvalue weighted by molar-refractivity contribution is 0.274. The smallest absolute Gasteiger partial charge is 0.138 e. The van der Waals surface area contributed by atoms with Crippen molar-refractivity contribution in [2.45, 2.75) is 32.2 Å². The number of hydrogen-bond donors (Lipinski definition) is 1. The summed E-state index contributed by atoms with van der Waals surface area (Å²) in [5.74, 6) is 0. The Balaban J connectivity index is 1.79. The molecule has 0 unspecified atom stereocenters. The molecule has 0 bridgehead atoms. The average Bonchev–Trinajstić information content (AvgIpc) is 2.60. The summed E-state index contributed by atoms with van der Waals surface area (Å²) in [4.78, 5) is 10.2. The maximum atomic E-state index is 6.17. The Morgan fingerprint density at radius 3 is 2.72 bits per heavy atom. The molecule has 2 aromatic rings. The van der Waals surface area contributed by atoms with E-state index in [-0.39, 0.29) is 0 Å². The molecular weight excluding hydrogens is 246 g/mol. The first kappa shape index (κ1) is 12.0. The zero-order chi connectivity index (χ0) is 12.4. The number of likely N-dealkylation sites (tertiary alicyclic amines) is 1. The van der Waals surface area contributed by atoms with Crippen LogP contribution in [-0.2, 0) is 6.54 Å². The summed E-state index contributed by atoms with van der Waals surface area (Å²) in [6.07, 6.45) is 7.13. The Morgan fingerprint density at radius 1 is 1.22 bits per heavy atom. The van der Waals surface area contributed by atoms with Crippen LogP contribution in [0.5, 0.6) is 0 Å². The van der Waals surface area contributed by atoms with Crippen molar-refractivity contribution in [1.29, 1.82) is 0 Å². The van der Waals surface area contributed by atoms with Gasteiger partial charge in [-0.25, -0.2) is 4.98 Å². The van der Waals surface area contributed by atoms with Gasteiger partial charge in [-0.3, -0.25) is 4.90 Å². The fourth-order valence-electron chi connectivity index (χ4n) is 2.67. The SMILES string of the molecule is Clc1ccnc2[nH]c(CN3CCCCCC3)cc12. The number of halogens is 1. The molecule has 96 valence electrons. The minimum absolute atomic E-state index is 0.776. The maximum absolute atomic E-state index is 6.17. The second-order valence-electron chi connectivity index (χ2n) is 5.04. The van der Waals surface area contributed by atoms with E-state index in [1.807, 2.05) is 6.07 Å². The van der Waals surface area contributed by atoms with Crippen LogP contribution < -0.4 is 0 Å². The molecule has 0 radical (unpaired) electrons. The van der Waals surface area contributed by atoms with Crippen LogP contribution >= 0.6 is 11.6 Å². The molecule has 2 aromatic heterocycles. The molecule has 1 fully saturated rings. The van der Waals surface area contributed by atoms with Gasteiger partial charge in [0.25, 0.3) is 0 Å². The van der Waals surface area contributed by atoms with Crippen LogP contribution in [0.2, 0.25) is 5.02 Å². The van der Waals surface area contributed by atoms with Crippen molar-refractivity contribution in [3.63, 3.8) is 0 Å². The largest absolute Gasteiger partial charge is 0.342 e. The molecule has 3 rings (SSSR count). The highest BCUT2D eigenvalue weighted by molar-refractivity contribution is 6.35. The molecular formula is C14H18ClN3. The third kappa shape index (κ3) is 2.52. The Labute approximate surface area is 112 Å². The Bertz CT molecular complexity index is 527. The molecule has 0 saturated carbocycles. The molecule has 0 atom stereocenters. The summed E-state index contributed by atoms with van der Waals surface area (Å²) in [5.41, 5.74) is 2.11. The van der Waals surface area contributed by atoms with Crippen molar-refractivity contribution in [3.8, 4) is 0 Å². The first-order chi connectivity index (χ1) is 8.83. The minimum Gasteiger partial charge on any atom is -0.342 e. The first-order valence-electron chi connectivity index (χ1n) is 6.67. The predicted octanol–water partition coefficient (Wildman–Crippen LogP) is 3.59. The van der Waals surface area contributed by atoms with Gasteiger partial charge < -0.3 is 4.98 Å². The number of rotatable bonds is 2. The molecule has 1 saturated heterocycles.